The van der Waals surface area contributed by atoms with Crippen LogP contribution in [0.25, 0.3) is 0 Å². The van der Waals surface area contributed by atoms with Gasteiger partial charge in [0.05, 0.1) is 0 Å². The summed E-state index contributed by atoms with van der Waals surface area (Å²) in [6, 6.07) is 0.289. The number of carbonyl (C=O) groups excluding carboxylic acids is 1. The third-order valence-corrected chi connectivity index (χ3v) is 1.79. The lowest BCUT2D eigenvalue weighted by Gasteiger charge is -2.15. The predicted octanol–water partition coefficient (Wildman–Crippen LogP) is 1.86. The second-order valence-corrected chi connectivity index (χ2v) is 4.02. The van der Waals surface area contributed by atoms with E-state index in [1.54, 1.807) is 0 Å². The molecule has 1 N–H and O–H groups in total. The minimum absolute atomic E-state index is 0.109. The zero-order valence-electron chi connectivity index (χ0n) is 8.13. The summed E-state index contributed by atoms with van der Waals surface area (Å²) >= 11 is 3.99. The highest BCUT2D eigenvalue weighted by atomic mass is 32.1. The summed E-state index contributed by atoms with van der Waals surface area (Å²) in [5.41, 5.74) is 0. The van der Waals surface area contributed by atoms with Crippen LogP contribution in [0, 0.1) is 5.92 Å². The van der Waals surface area contributed by atoms with Crippen molar-refractivity contribution in [3.63, 3.8) is 0 Å². The molecule has 0 radical (unpaired) electrons. The van der Waals surface area contributed by atoms with Crippen LogP contribution in [0.15, 0.2) is 0 Å². The first-order valence-corrected chi connectivity index (χ1v) is 5.09. The molecule has 0 aliphatic heterocycles. The first-order chi connectivity index (χ1) is 5.56. The SMILES string of the molecule is CC(C)CC(C)NC(=O)CCS. The molecular formula is C9H19NOS. The molecule has 1 amide bonds. The van der Waals surface area contributed by atoms with Crippen molar-refractivity contribution in [1.29, 1.82) is 0 Å². The van der Waals surface area contributed by atoms with Gasteiger partial charge in [-0.05, 0) is 25.0 Å². The van der Waals surface area contributed by atoms with Gasteiger partial charge in [0, 0.05) is 12.5 Å². The van der Waals surface area contributed by atoms with Crippen molar-refractivity contribution in [1.82, 2.24) is 5.32 Å². The second-order valence-electron chi connectivity index (χ2n) is 3.57. The van der Waals surface area contributed by atoms with Gasteiger partial charge < -0.3 is 5.32 Å². The molecule has 0 aliphatic rings. The van der Waals surface area contributed by atoms with Crippen LogP contribution in [0.4, 0.5) is 0 Å². The minimum Gasteiger partial charge on any atom is -0.354 e. The Bertz CT molecular complexity index is 136. The van der Waals surface area contributed by atoms with E-state index in [0.717, 1.165) is 6.42 Å². The summed E-state index contributed by atoms with van der Waals surface area (Å²) in [7, 11) is 0. The number of rotatable bonds is 5. The van der Waals surface area contributed by atoms with Crippen LogP contribution in [-0.2, 0) is 4.79 Å². The van der Waals surface area contributed by atoms with E-state index in [0.29, 0.717) is 18.1 Å². The molecule has 1 unspecified atom stereocenters. The average molecular weight is 189 g/mol. The lowest BCUT2D eigenvalue weighted by Crippen LogP contribution is -2.33. The third-order valence-electron chi connectivity index (χ3n) is 1.57. The second kappa shape index (κ2) is 6.35. The third kappa shape index (κ3) is 6.53. The summed E-state index contributed by atoms with van der Waals surface area (Å²) in [6.45, 7) is 6.35. The van der Waals surface area contributed by atoms with Crippen LogP contribution in [-0.4, -0.2) is 17.7 Å². The molecular weight excluding hydrogens is 170 g/mol. The molecule has 1 atom stereocenters. The molecule has 0 saturated carbocycles. The maximum Gasteiger partial charge on any atom is 0.221 e. The fraction of sp³-hybridized carbons (Fsp3) is 0.889. The number of thiol groups is 1. The molecule has 0 aromatic heterocycles. The van der Waals surface area contributed by atoms with Gasteiger partial charge in [-0.15, -0.1) is 0 Å². The van der Waals surface area contributed by atoms with Gasteiger partial charge in [-0.1, -0.05) is 13.8 Å². The molecule has 0 heterocycles. The maximum atomic E-state index is 11.1. The van der Waals surface area contributed by atoms with E-state index in [9.17, 15) is 4.79 Å². The highest BCUT2D eigenvalue weighted by molar-refractivity contribution is 7.80. The van der Waals surface area contributed by atoms with Crippen LogP contribution in [0.1, 0.15) is 33.6 Å². The maximum absolute atomic E-state index is 11.1. The molecule has 0 rings (SSSR count). The summed E-state index contributed by atoms with van der Waals surface area (Å²) < 4.78 is 0. The van der Waals surface area contributed by atoms with E-state index in [1.165, 1.54) is 0 Å². The highest BCUT2D eigenvalue weighted by Gasteiger charge is 2.07. The molecule has 0 aliphatic carbocycles. The quantitative estimate of drug-likeness (QED) is 0.635. The standard InChI is InChI=1S/C9H19NOS/c1-7(2)6-8(3)10-9(11)4-5-12/h7-8,12H,4-6H2,1-3H3,(H,10,11). The Morgan fingerprint density at radius 3 is 2.42 bits per heavy atom. The molecule has 3 heteroatoms. The van der Waals surface area contributed by atoms with Crippen molar-refractivity contribution in [2.24, 2.45) is 5.92 Å². The van der Waals surface area contributed by atoms with Crippen LogP contribution < -0.4 is 5.32 Å². The number of amides is 1. The van der Waals surface area contributed by atoms with Crippen molar-refractivity contribution < 1.29 is 4.79 Å². The molecule has 0 aromatic rings. The Kier molecular flexibility index (Phi) is 6.25. The van der Waals surface area contributed by atoms with Gasteiger partial charge in [0.25, 0.3) is 0 Å². The predicted molar refractivity (Wildman–Crippen MR) is 55.5 cm³/mol. The van der Waals surface area contributed by atoms with E-state index >= 15 is 0 Å². The smallest absolute Gasteiger partial charge is 0.221 e. The van der Waals surface area contributed by atoms with Gasteiger partial charge in [-0.2, -0.15) is 12.6 Å². The summed E-state index contributed by atoms with van der Waals surface area (Å²) in [6.07, 6.45) is 1.56. The number of hydrogen-bond donors (Lipinski definition) is 2. The lowest BCUT2D eigenvalue weighted by molar-refractivity contribution is -0.121. The summed E-state index contributed by atoms with van der Waals surface area (Å²) in [4.78, 5) is 11.1. The van der Waals surface area contributed by atoms with Crippen molar-refractivity contribution in [3.8, 4) is 0 Å². The van der Waals surface area contributed by atoms with Gasteiger partial charge >= 0.3 is 0 Å². The van der Waals surface area contributed by atoms with Gasteiger partial charge in [0.1, 0.15) is 0 Å². The number of nitrogens with one attached hydrogen (secondary N) is 1. The first kappa shape index (κ1) is 11.8. The van der Waals surface area contributed by atoms with E-state index < -0.39 is 0 Å². The molecule has 0 saturated heterocycles. The summed E-state index contributed by atoms with van der Waals surface area (Å²) in [5, 5.41) is 2.92. The Labute approximate surface area is 80.5 Å². The van der Waals surface area contributed by atoms with Crippen molar-refractivity contribution >= 4 is 18.5 Å². The van der Waals surface area contributed by atoms with Gasteiger partial charge in [-0.3, -0.25) is 4.79 Å². The van der Waals surface area contributed by atoms with E-state index in [1.807, 2.05) is 6.92 Å². The Morgan fingerprint density at radius 1 is 1.42 bits per heavy atom. The van der Waals surface area contributed by atoms with Crippen LogP contribution in [0.5, 0.6) is 0 Å². The Hall–Kier alpha value is -0.180. The Morgan fingerprint density at radius 2 is 2.00 bits per heavy atom. The molecule has 0 spiro atoms. The fourth-order valence-electron chi connectivity index (χ4n) is 1.21. The van der Waals surface area contributed by atoms with Crippen LogP contribution in [0.2, 0.25) is 0 Å². The number of carbonyl (C=O) groups is 1. The largest absolute Gasteiger partial charge is 0.354 e. The average Bonchev–Trinajstić information content (AvgIpc) is 1.84. The minimum atomic E-state index is 0.109. The van der Waals surface area contributed by atoms with E-state index in [-0.39, 0.29) is 11.9 Å². The fourth-order valence-corrected chi connectivity index (χ4v) is 1.42. The molecule has 12 heavy (non-hydrogen) atoms. The van der Waals surface area contributed by atoms with E-state index in [4.69, 9.17) is 0 Å². The lowest BCUT2D eigenvalue weighted by atomic mass is 10.1. The molecule has 72 valence electrons. The van der Waals surface area contributed by atoms with Gasteiger partial charge in [-0.25, -0.2) is 0 Å². The molecule has 0 aromatic carbocycles. The summed E-state index contributed by atoms with van der Waals surface area (Å²) in [5.74, 6) is 1.37. The Balaban J connectivity index is 3.54. The molecule has 2 nitrogen and oxygen atoms in total. The van der Waals surface area contributed by atoms with Crippen LogP contribution in [0.3, 0.4) is 0 Å². The molecule has 0 bridgehead atoms. The van der Waals surface area contributed by atoms with E-state index in [2.05, 4.69) is 31.8 Å². The number of hydrogen-bond acceptors (Lipinski definition) is 2. The van der Waals surface area contributed by atoms with Crippen molar-refractivity contribution in [2.75, 3.05) is 5.75 Å². The van der Waals surface area contributed by atoms with Crippen molar-refractivity contribution in [2.45, 2.75) is 39.7 Å². The highest BCUT2D eigenvalue weighted by Crippen LogP contribution is 2.03. The normalized spacial score (nSPS) is 13.1. The monoisotopic (exact) mass is 189 g/mol. The van der Waals surface area contributed by atoms with Crippen molar-refractivity contribution in [3.05, 3.63) is 0 Å². The van der Waals surface area contributed by atoms with Gasteiger partial charge in [0.2, 0.25) is 5.91 Å². The van der Waals surface area contributed by atoms with Gasteiger partial charge in [0.15, 0.2) is 0 Å². The molecule has 0 fully saturated rings. The van der Waals surface area contributed by atoms with Crippen LogP contribution >= 0.6 is 12.6 Å². The zero-order chi connectivity index (χ0) is 9.56. The topological polar surface area (TPSA) is 29.1 Å². The zero-order valence-corrected chi connectivity index (χ0v) is 9.03. The first-order valence-electron chi connectivity index (χ1n) is 4.46.